The van der Waals surface area contributed by atoms with Crippen LogP contribution in [0.25, 0.3) is 0 Å². The molecule has 0 unspecified atom stereocenters. The van der Waals surface area contributed by atoms with Crippen molar-refractivity contribution in [3.63, 3.8) is 0 Å². The van der Waals surface area contributed by atoms with Gasteiger partial charge in [0, 0.05) is 19.2 Å². The summed E-state index contributed by atoms with van der Waals surface area (Å²) >= 11 is 0. The number of benzene rings is 2. The summed E-state index contributed by atoms with van der Waals surface area (Å²) in [6.07, 6.45) is 2.25. The van der Waals surface area contributed by atoms with Gasteiger partial charge in [0.1, 0.15) is 0 Å². The number of hydrogen-bond donors (Lipinski definition) is 2. The average Bonchev–Trinajstić information content (AvgIpc) is 2.54. The molecular weight excluding hydrogens is 288 g/mol. The van der Waals surface area contributed by atoms with Gasteiger partial charge in [0.25, 0.3) is 0 Å². The van der Waals surface area contributed by atoms with E-state index in [0.29, 0.717) is 13.0 Å². The van der Waals surface area contributed by atoms with Crippen LogP contribution < -0.4 is 10.6 Å². The van der Waals surface area contributed by atoms with Crippen molar-refractivity contribution >= 4 is 17.5 Å². The molecule has 0 aliphatic heterocycles. The van der Waals surface area contributed by atoms with Crippen LogP contribution in [0.4, 0.5) is 5.69 Å². The van der Waals surface area contributed by atoms with Crippen LogP contribution in [0.5, 0.6) is 0 Å². The smallest absolute Gasteiger partial charge is 0.224 e. The van der Waals surface area contributed by atoms with Crippen molar-refractivity contribution in [1.29, 1.82) is 0 Å². The van der Waals surface area contributed by atoms with Crippen LogP contribution in [0.15, 0.2) is 54.6 Å². The number of rotatable bonds is 7. The zero-order valence-electron chi connectivity index (χ0n) is 13.3. The Morgan fingerprint density at radius 1 is 0.913 bits per heavy atom. The second-order valence-electron chi connectivity index (χ2n) is 5.49. The molecule has 2 N–H and O–H groups in total. The molecule has 0 bridgehead atoms. The van der Waals surface area contributed by atoms with Crippen molar-refractivity contribution in [3.8, 4) is 0 Å². The normalized spacial score (nSPS) is 10.1. The Balaban J connectivity index is 1.69. The fourth-order valence-electron chi connectivity index (χ4n) is 2.32. The van der Waals surface area contributed by atoms with E-state index in [2.05, 4.69) is 22.8 Å². The summed E-state index contributed by atoms with van der Waals surface area (Å²) in [7, 11) is 0. The lowest BCUT2D eigenvalue weighted by molar-refractivity contribution is -0.120. The van der Waals surface area contributed by atoms with Gasteiger partial charge in [-0.05, 0) is 36.1 Å². The van der Waals surface area contributed by atoms with Gasteiger partial charge in [0.05, 0.1) is 6.42 Å². The highest BCUT2D eigenvalue weighted by molar-refractivity contribution is 5.88. The Labute approximate surface area is 136 Å². The van der Waals surface area contributed by atoms with Gasteiger partial charge in [-0.1, -0.05) is 42.5 Å². The quantitative estimate of drug-likeness (QED) is 0.773. The first-order chi connectivity index (χ1) is 11.1. The van der Waals surface area contributed by atoms with Crippen molar-refractivity contribution in [2.45, 2.75) is 26.2 Å². The van der Waals surface area contributed by atoms with E-state index >= 15 is 0 Å². The third-order valence-corrected chi connectivity index (χ3v) is 3.45. The first-order valence-electron chi connectivity index (χ1n) is 7.80. The van der Waals surface area contributed by atoms with Gasteiger partial charge in [-0.2, -0.15) is 0 Å². The summed E-state index contributed by atoms with van der Waals surface area (Å²) in [5.41, 5.74) is 2.96. The van der Waals surface area contributed by atoms with Crippen LogP contribution in [0.2, 0.25) is 0 Å². The van der Waals surface area contributed by atoms with Crippen LogP contribution in [0.3, 0.4) is 0 Å². The van der Waals surface area contributed by atoms with Crippen LogP contribution in [0.1, 0.15) is 24.5 Å². The maximum absolute atomic E-state index is 11.9. The largest absolute Gasteiger partial charge is 0.356 e. The van der Waals surface area contributed by atoms with E-state index in [1.54, 1.807) is 12.1 Å². The molecule has 0 saturated heterocycles. The van der Waals surface area contributed by atoms with Gasteiger partial charge in [0.15, 0.2) is 0 Å². The second kappa shape index (κ2) is 8.73. The molecule has 4 nitrogen and oxygen atoms in total. The topological polar surface area (TPSA) is 58.2 Å². The molecule has 120 valence electrons. The Morgan fingerprint density at radius 3 is 2.26 bits per heavy atom. The summed E-state index contributed by atoms with van der Waals surface area (Å²) in [6, 6.07) is 17.6. The summed E-state index contributed by atoms with van der Waals surface area (Å²) in [5, 5.41) is 5.64. The molecule has 0 spiro atoms. The van der Waals surface area contributed by atoms with Gasteiger partial charge >= 0.3 is 0 Å². The maximum Gasteiger partial charge on any atom is 0.224 e. The molecule has 0 aliphatic carbocycles. The zero-order valence-corrected chi connectivity index (χ0v) is 13.3. The number of carbonyl (C=O) groups is 2. The minimum absolute atomic E-state index is 0.0188. The van der Waals surface area contributed by atoms with Crippen molar-refractivity contribution < 1.29 is 9.59 Å². The highest BCUT2D eigenvalue weighted by Crippen LogP contribution is 2.10. The van der Waals surface area contributed by atoms with Crippen molar-refractivity contribution in [2.24, 2.45) is 0 Å². The summed E-state index contributed by atoms with van der Waals surface area (Å²) in [6.45, 7) is 2.15. The molecule has 23 heavy (non-hydrogen) atoms. The number of nitrogens with one attached hydrogen (secondary N) is 2. The van der Waals surface area contributed by atoms with E-state index in [9.17, 15) is 9.59 Å². The number of anilines is 1. The molecular formula is C19H22N2O2. The Hall–Kier alpha value is -2.62. The Morgan fingerprint density at radius 2 is 1.61 bits per heavy atom. The fourth-order valence-corrected chi connectivity index (χ4v) is 2.32. The second-order valence-corrected chi connectivity index (χ2v) is 5.49. The molecule has 4 heteroatoms. The van der Waals surface area contributed by atoms with Gasteiger partial charge < -0.3 is 10.6 Å². The van der Waals surface area contributed by atoms with Gasteiger partial charge in [-0.15, -0.1) is 0 Å². The molecule has 0 aliphatic rings. The molecule has 0 aromatic heterocycles. The molecule has 2 amide bonds. The lowest BCUT2D eigenvalue weighted by Gasteiger charge is -2.07. The SMILES string of the molecule is CC(=O)Nc1ccc(CC(=O)NCCCc2ccccc2)cc1. The molecule has 2 aromatic carbocycles. The summed E-state index contributed by atoms with van der Waals surface area (Å²) in [5.74, 6) is -0.0840. The minimum Gasteiger partial charge on any atom is -0.356 e. The van der Waals surface area contributed by atoms with Crippen LogP contribution in [-0.4, -0.2) is 18.4 Å². The number of amides is 2. The van der Waals surface area contributed by atoms with Crippen molar-refractivity contribution in [2.75, 3.05) is 11.9 Å². The van der Waals surface area contributed by atoms with E-state index in [-0.39, 0.29) is 11.8 Å². The number of hydrogen-bond acceptors (Lipinski definition) is 2. The molecule has 0 heterocycles. The van der Waals surface area contributed by atoms with Gasteiger partial charge in [0.2, 0.25) is 11.8 Å². The van der Waals surface area contributed by atoms with E-state index in [1.807, 2.05) is 30.3 Å². The molecule has 0 saturated carbocycles. The fraction of sp³-hybridized carbons (Fsp3) is 0.263. The highest BCUT2D eigenvalue weighted by Gasteiger charge is 2.03. The lowest BCUT2D eigenvalue weighted by atomic mass is 10.1. The van der Waals surface area contributed by atoms with Gasteiger partial charge in [-0.3, -0.25) is 9.59 Å². The monoisotopic (exact) mass is 310 g/mol. The third-order valence-electron chi connectivity index (χ3n) is 3.45. The predicted molar refractivity (Wildman–Crippen MR) is 92.2 cm³/mol. The van der Waals surface area contributed by atoms with Crippen LogP contribution in [-0.2, 0) is 22.4 Å². The summed E-state index contributed by atoms with van der Waals surface area (Å²) in [4.78, 5) is 22.9. The predicted octanol–water partition coefficient (Wildman–Crippen LogP) is 2.94. The Bertz CT molecular complexity index is 636. The first-order valence-corrected chi connectivity index (χ1v) is 7.80. The molecule has 0 atom stereocenters. The Kier molecular flexibility index (Phi) is 6.36. The van der Waals surface area contributed by atoms with Crippen LogP contribution in [0, 0.1) is 0 Å². The molecule has 0 fully saturated rings. The van der Waals surface area contributed by atoms with E-state index < -0.39 is 0 Å². The summed E-state index contributed by atoms with van der Waals surface area (Å²) < 4.78 is 0. The number of aryl methyl sites for hydroxylation is 1. The minimum atomic E-state index is -0.103. The first kappa shape index (κ1) is 16.7. The third kappa shape index (κ3) is 6.34. The maximum atomic E-state index is 11.9. The van der Waals surface area contributed by atoms with Gasteiger partial charge in [-0.25, -0.2) is 0 Å². The molecule has 2 aromatic rings. The van der Waals surface area contributed by atoms with Crippen LogP contribution >= 0.6 is 0 Å². The lowest BCUT2D eigenvalue weighted by Crippen LogP contribution is -2.26. The molecule has 2 rings (SSSR count). The van der Waals surface area contributed by atoms with Crippen molar-refractivity contribution in [1.82, 2.24) is 5.32 Å². The highest BCUT2D eigenvalue weighted by atomic mass is 16.2. The zero-order chi connectivity index (χ0) is 16.5. The van der Waals surface area contributed by atoms with E-state index in [1.165, 1.54) is 12.5 Å². The molecule has 0 radical (unpaired) electrons. The average molecular weight is 310 g/mol. The standard InChI is InChI=1S/C19H22N2O2/c1-15(22)21-18-11-9-17(10-12-18)14-19(23)20-13-5-8-16-6-3-2-4-7-16/h2-4,6-7,9-12H,5,8,13-14H2,1H3,(H,20,23)(H,21,22). The van der Waals surface area contributed by atoms with Crippen molar-refractivity contribution in [3.05, 3.63) is 65.7 Å². The van der Waals surface area contributed by atoms with E-state index in [4.69, 9.17) is 0 Å². The number of carbonyl (C=O) groups excluding carboxylic acids is 2. The van der Waals surface area contributed by atoms with E-state index in [0.717, 1.165) is 24.1 Å².